The largest absolute Gasteiger partial charge is 0.351 e. The number of unbranched alkanes of at least 4 members (excludes halogenated alkanes) is 2. The lowest BCUT2D eigenvalue weighted by atomic mass is 10.1. The van der Waals surface area contributed by atoms with E-state index in [-0.39, 0.29) is 5.91 Å². The Morgan fingerprint density at radius 3 is 2.61 bits per heavy atom. The maximum Gasteiger partial charge on any atom is 0.271 e. The summed E-state index contributed by atoms with van der Waals surface area (Å²) in [7, 11) is 0. The average Bonchev–Trinajstić information content (AvgIpc) is 2.56. The van der Waals surface area contributed by atoms with E-state index in [1.807, 2.05) is 12.1 Å². The Morgan fingerprint density at radius 2 is 1.91 bits per heavy atom. The first-order valence-electron chi connectivity index (χ1n) is 8.07. The minimum Gasteiger partial charge on any atom is -0.351 e. The normalized spacial score (nSPS) is 10.4. The summed E-state index contributed by atoms with van der Waals surface area (Å²) >= 11 is 0. The lowest BCUT2D eigenvalue weighted by Crippen LogP contribution is -2.25. The summed E-state index contributed by atoms with van der Waals surface area (Å²) in [5.41, 5.74) is 3.72. The van der Waals surface area contributed by atoms with Crippen molar-refractivity contribution >= 4 is 17.4 Å². The summed E-state index contributed by atoms with van der Waals surface area (Å²) in [6, 6.07) is 9.53. The first-order chi connectivity index (χ1) is 11.1. The average molecular weight is 312 g/mol. The number of carbonyl (C=O) groups excluding carboxylic acids is 1. The summed E-state index contributed by atoms with van der Waals surface area (Å²) in [5.74, 6) is 0.452. The van der Waals surface area contributed by atoms with Crippen LogP contribution in [0.5, 0.6) is 0 Å². The van der Waals surface area contributed by atoms with Gasteiger partial charge in [0, 0.05) is 12.2 Å². The lowest BCUT2D eigenvalue weighted by Gasteiger charge is -2.10. The van der Waals surface area contributed by atoms with E-state index in [0.29, 0.717) is 18.1 Å². The Bertz CT molecular complexity index is 653. The third-order valence-electron chi connectivity index (χ3n) is 3.83. The van der Waals surface area contributed by atoms with Gasteiger partial charge in [-0.3, -0.25) is 4.79 Å². The van der Waals surface area contributed by atoms with Crippen molar-refractivity contribution < 1.29 is 4.79 Å². The van der Waals surface area contributed by atoms with Gasteiger partial charge < -0.3 is 10.6 Å². The molecule has 0 atom stereocenters. The number of nitrogens with zero attached hydrogens (tertiary/aromatic N) is 2. The van der Waals surface area contributed by atoms with Gasteiger partial charge in [-0.25, -0.2) is 0 Å². The van der Waals surface area contributed by atoms with Gasteiger partial charge in [0.1, 0.15) is 0 Å². The van der Waals surface area contributed by atoms with Crippen LogP contribution in [0.15, 0.2) is 30.3 Å². The van der Waals surface area contributed by atoms with Crippen molar-refractivity contribution in [3.63, 3.8) is 0 Å². The molecule has 1 aromatic carbocycles. The second-order valence-corrected chi connectivity index (χ2v) is 5.64. The number of rotatable bonds is 7. The van der Waals surface area contributed by atoms with E-state index >= 15 is 0 Å². The van der Waals surface area contributed by atoms with Crippen molar-refractivity contribution in [3.05, 3.63) is 47.2 Å². The molecule has 0 saturated carbocycles. The number of aromatic nitrogens is 2. The molecule has 122 valence electrons. The molecule has 0 aliphatic heterocycles. The van der Waals surface area contributed by atoms with Crippen LogP contribution >= 0.6 is 0 Å². The van der Waals surface area contributed by atoms with Gasteiger partial charge in [-0.15, -0.1) is 10.2 Å². The van der Waals surface area contributed by atoms with E-state index in [2.05, 4.69) is 47.7 Å². The number of benzene rings is 1. The lowest BCUT2D eigenvalue weighted by molar-refractivity contribution is 0.0947. The zero-order valence-electron chi connectivity index (χ0n) is 14.0. The highest BCUT2D eigenvalue weighted by Gasteiger charge is 2.08. The number of hydrogen-bond acceptors (Lipinski definition) is 4. The summed E-state index contributed by atoms with van der Waals surface area (Å²) in [5, 5.41) is 14.2. The fraction of sp³-hybridized carbons (Fsp3) is 0.389. The van der Waals surface area contributed by atoms with Crippen molar-refractivity contribution in [2.75, 3.05) is 11.9 Å². The summed E-state index contributed by atoms with van der Waals surface area (Å²) in [6.07, 6.45) is 3.24. The zero-order valence-corrected chi connectivity index (χ0v) is 14.0. The fourth-order valence-electron chi connectivity index (χ4n) is 2.21. The topological polar surface area (TPSA) is 66.9 Å². The molecule has 0 fully saturated rings. The van der Waals surface area contributed by atoms with Crippen LogP contribution in [0.2, 0.25) is 0 Å². The van der Waals surface area contributed by atoms with Gasteiger partial charge >= 0.3 is 0 Å². The minimum absolute atomic E-state index is 0.174. The Labute approximate surface area is 137 Å². The number of nitrogens with one attached hydrogen (secondary N) is 2. The van der Waals surface area contributed by atoms with Crippen molar-refractivity contribution in [2.24, 2.45) is 0 Å². The molecular formula is C18H24N4O. The quantitative estimate of drug-likeness (QED) is 0.764. The Morgan fingerprint density at radius 1 is 1.09 bits per heavy atom. The predicted molar refractivity (Wildman–Crippen MR) is 93.1 cm³/mol. The summed E-state index contributed by atoms with van der Waals surface area (Å²) < 4.78 is 0. The van der Waals surface area contributed by atoms with Crippen LogP contribution in [-0.4, -0.2) is 22.6 Å². The standard InChI is InChI=1S/C18H24N4O/c1-4-5-6-12-19-18(23)16-10-11-17(22-21-16)20-15-9-7-8-13(2)14(15)3/h7-11H,4-6,12H2,1-3H3,(H,19,23)(H,20,22). The van der Waals surface area contributed by atoms with Crippen LogP contribution in [-0.2, 0) is 0 Å². The smallest absolute Gasteiger partial charge is 0.271 e. The molecule has 0 aliphatic rings. The fourth-order valence-corrected chi connectivity index (χ4v) is 2.21. The molecule has 1 aromatic heterocycles. The maximum atomic E-state index is 11.9. The van der Waals surface area contributed by atoms with E-state index in [0.717, 1.165) is 24.9 Å². The highest BCUT2D eigenvalue weighted by molar-refractivity contribution is 5.92. The van der Waals surface area contributed by atoms with Crippen molar-refractivity contribution in [2.45, 2.75) is 40.0 Å². The van der Waals surface area contributed by atoms with Gasteiger partial charge in [0.2, 0.25) is 0 Å². The summed E-state index contributed by atoms with van der Waals surface area (Å²) in [4.78, 5) is 11.9. The maximum absolute atomic E-state index is 11.9. The highest BCUT2D eigenvalue weighted by Crippen LogP contribution is 2.21. The molecule has 0 radical (unpaired) electrons. The number of aryl methyl sites for hydroxylation is 1. The number of anilines is 2. The molecule has 0 spiro atoms. The number of amides is 1. The van der Waals surface area contributed by atoms with Crippen LogP contribution < -0.4 is 10.6 Å². The van der Waals surface area contributed by atoms with Crippen LogP contribution in [0.1, 0.15) is 47.8 Å². The summed E-state index contributed by atoms with van der Waals surface area (Å²) in [6.45, 7) is 6.94. The second kappa shape index (κ2) is 8.27. The molecule has 1 heterocycles. The van der Waals surface area contributed by atoms with Crippen molar-refractivity contribution in [3.8, 4) is 0 Å². The highest BCUT2D eigenvalue weighted by atomic mass is 16.1. The van der Waals surface area contributed by atoms with Crippen molar-refractivity contribution in [1.29, 1.82) is 0 Å². The van der Waals surface area contributed by atoms with Gasteiger partial charge in [-0.2, -0.15) is 0 Å². The molecule has 2 N–H and O–H groups in total. The molecule has 23 heavy (non-hydrogen) atoms. The van der Waals surface area contributed by atoms with E-state index in [4.69, 9.17) is 0 Å². The van der Waals surface area contributed by atoms with E-state index < -0.39 is 0 Å². The van der Waals surface area contributed by atoms with Crippen LogP contribution in [0.3, 0.4) is 0 Å². The van der Waals surface area contributed by atoms with Crippen molar-refractivity contribution in [1.82, 2.24) is 15.5 Å². The first kappa shape index (κ1) is 16.9. The Kier molecular flexibility index (Phi) is 6.09. The molecule has 5 heteroatoms. The molecule has 2 aromatic rings. The molecule has 5 nitrogen and oxygen atoms in total. The molecule has 0 bridgehead atoms. The van der Waals surface area contributed by atoms with Crippen LogP contribution in [0, 0.1) is 13.8 Å². The monoisotopic (exact) mass is 312 g/mol. The molecule has 1 amide bonds. The zero-order chi connectivity index (χ0) is 16.7. The predicted octanol–water partition coefficient (Wildman–Crippen LogP) is 3.76. The van der Waals surface area contributed by atoms with Gasteiger partial charge in [-0.05, 0) is 49.6 Å². The third-order valence-corrected chi connectivity index (χ3v) is 3.83. The van der Waals surface area contributed by atoms with Gasteiger partial charge in [0.15, 0.2) is 11.5 Å². The van der Waals surface area contributed by atoms with Crippen LogP contribution in [0.4, 0.5) is 11.5 Å². The molecular weight excluding hydrogens is 288 g/mol. The van der Waals surface area contributed by atoms with Gasteiger partial charge in [0.25, 0.3) is 5.91 Å². The molecule has 0 aliphatic carbocycles. The Balaban J connectivity index is 1.96. The van der Waals surface area contributed by atoms with E-state index in [9.17, 15) is 4.79 Å². The van der Waals surface area contributed by atoms with Crippen LogP contribution in [0.25, 0.3) is 0 Å². The Hall–Kier alpha value is -2.43. The SMILES string of the molecule is CCCCCNC(=O)c1ccc(Nc2cccc(C)c2C)nn1. The number of carbonyl (C=O) groups is 1. The van der Waals surface area contributed by atoms with E-state index in [1.54, 1.807) is 12.1 Å². The number of hydrogen-bond donors (Lipinski definition) is 2. The third kappa shape index (κ3) is 4.77. The van der Waals surface area contributed by atoms with Gasteiger partial charge in [0.05, 0.1) is 0 Å². The molecule has 0 saturated heterocycles. The van der Waals surface area contributed by atoms with E-state index in [1.165, 1.54) is 11.1 Å². The van der Waals surface area contributed by atoms with Gasteiger partial charge in [-0.1, -0.05) is 31.9 Å². The first-order valence-corrected chi connectivity index (χ1v) is 8.07. The molecule has 0 unspecified atom stereocenters. The molecule has 2 rings (SSSR count). The minimum atomic E-state index is -0.174. The second-order valence-electron chi connectivity index (χ2n) is 5.64.